The van der Waals surface area contributed by atoms with Gasteiger partial charge in [0, 0.05) is 56.7 Å². The van der Waals surface area contributed by atoms with E-state index in [0.29, 0.717) is 53.3 Å². The Hall–Kier alpha value is -5.73. The fourth-order valence-corrected chi connectivity index (χ4v) is 6.90. The number of nitrogens with zero attached hydrogens (tertiary/aromatic N) is 8. The molecule has 2 aromatic carbocycles. The summed E-state index contributed by atoms with van der Waals surface area (Å²) in [6.07, 6.45) is 7.23. The molecule has 5 heterocycles. The van der Waals surface area contributed by atoms with Gasteiger partial charge in [0.1, 0.15) is 35.8 Å². The first-order chi connectivity index (χ1) is 24.5. The minimum absolute atomic E-state index is 0.152. The first kappa shape index (κ1) is 33.7. The van der Waals surface area contributed by atoms with Gasteiger partial charge in [0.05, 0.1) is 35.6 Å². The Morgan fingerprint density at radius 1 is 0.980 bits per heavy atom. The van der Waals surface area contributed by atoms with E-state index in [2.05, 4.69) is 25.0 Å². The maximum atomic E-state index is 14.0. The van der Waals surface area contributed by atoms with Gasteiger partial charge in [-0.2, -0.15) is 10.2 Å². The van der Waals surface area contributed by atoms with Crippen molar-refractivity contribution in [3.8, 4) is 28.4 Å². The number of nitrogens with two attached hydrogens (primary N) is 1. The van der Waals surface area contributed by atoms with Crippen LogP contribution in [0.2, 0.25) is 25.7 Å². The monoisotopic (exact) mass is 702 g/mol. The minimum atomic E-state index is -1.28. The molecule has 3 N–H and O–H groups in total. The van der Waals surface area contributed by atoms with Gasteiger partial charge in [-0.15, -0.1) is 0 Å². The zero-order valence-electron chi connectivity index (χ0n) is 29.7. The molecular formula is C37H42N10O3Si. The van der Waals surface area contributed by atoms with Crippen LogP contribution in [-0.2, 0) is 11.5 Å². The summed E-state index contributed by atoms with van der Waals surface area (Å²) in [6.45, 7) is 11.9. The van der Waals surface area contributed by atoms with Crippen LogP contribution in [0.25, 0.3) is 39.2 Å². The Morgan fingerprint density at radius 3 is 2.55 bits per heavy atom. The van der Waals surface area contributed by atoms with E-state index >= 15 is 0 Å². The zero-order valence-corrected chi connectivity index (χ0v) is 30.7. The Balaban J connectivity index is 1.33. The summed E-state index contributed by atoms with van der Waals surface area (Å²) >= 11 is 0. The maximum absolute atomic E-state index is 14.0. The molecule has 0 fully saturated rings. The second kappa shape index (κ2) is 13.5. The van der Waals surface area contributed by atoms with Crippen molar-refractivity contribution in [3.05, 3.63) is 107 Å². The molecule has 1 unspecified atom stereocenters. The van der Waals surface area contributed by atoms with Crippen molar-refractivity contribution in [2.45, 2.75) is 52.3 Å². The third-order valence-electron chi connectivity index (χ3n) is 8.83. The number of aromatic nitrogens is 8. The highest BCUT2D eigenvalue weighted by Gasteiger charge is 2.24. The predicted octanol–water partition coefficient (Wildman–Crippen LogP) is 6.47. The van der Waals surface area contributed by atoms with Crippen LogP contribution in [0.15, 0.2) is 90.4 Å². The summed E-state index contributed by atoms with van der Waals surface area (Å²) in [6, 6.07) is 19.5. The number of aryl methyl sites for hydroxylation is 1. The van der Waals surface area contributed by atoms with Crippen LogP contribution in [0, 0.1) is 6.92 Å². The van der Waals surface area contributed by atoms with Crippen LogP contribution in [0.5, 0.6) is 5.75 Å². The van der Waals surface area contributed by atoms with Crippen molar-refractivity contribution in [2.24, 2.45) is 0 Å². The number of benzene rings is 2. The van der Waals surface area contributed by atoms with Crippen LogP contribution in [-0.4, -0.2) is 60.3 Å². The number of fused-ring (bicyclic) bond motifs is 2. The van der Waals surface area contributed by atoms with Gasteiger partial charge in [0.15, 0.2) is 5.82 Å². The number of methoxy groups -OCH3 is 1. The number of para-hydroxylation sites is 1. The standard InChI is InChI=1S/C37H42N10O3Si/c1-24-12-14-46-33(24)37(48)47(27-10-8-7-9-11-27)35(43-46)25(2)41-34-32-30(21-44(36(32)40-22-39-34)23-50-16-17-51(4,5)6)31-13-15-45(42-31)28-18-26(38)19-29(20-28)49-3/h7-15,18-22,25H,16-17,23,38H2,1-6H3,(H,39,40,41). The van der Waals surface area contributed by atoms with E-state index in [4.69, 9.17) is 35.4 Å². The van der Waals surface area contributed by atoms with Gasteiger partial charge in [-0.25, -0.2) is 19.2 Å². The third kappa shape index (κ3) is 6.75. The predicted molar refractivity (Wildman–Crippen MR) is 203 cm³/mol. The van der Waals surface area contributed by atoms with Crippen LogP contribution in [0.4, 0.5) is 11.5 Å². The molecule has 5 aromatic heterocycles. The summed E-state index contributed by atoms with van der Waals surface area (Å²) in [4.78, 5) is 23.5. The van der Waals surface area contributed by atoms with Crippen molar-refractivity contribution >= 4 is 36.1 Å². The molecule has 0 aliphatic carbocycles. The number of anilines is 2. The van der Waals surface area contributed by atoms with Gasteiger partial charge in [-0.1, -0.05) is 37.8 Å². The van der Waals surface area contributed by atoms with Crippen molar-refractivity contribution in [1.82, 2.24) is 38.5 Å². The molecule has 14 heteroatoms. The summed E-state index contributed by atoms with van der Waals surface area (Å²) in [5.41, 5.74) is 11.7. The van der Waals surface area contributed by atoms with Crippen molar-refractivity contribution in [3.63, 3.8) is 0 Å². The molecule has 7 rings (SSSR count). The van der Waals surface area contributed by atoms with Crippen LogP contribution >= 0.6 is 0 Å². The molecular weight excluding hydrogens is 661 g/mol. The van der Waals surface area contributed by atoms with Gasteiger partial charge in [0.2, 0.25) is 0 Å². The lowest BCUT2D eigenvalue weighted by Crippen LogP contribution is -2.29. The lowest BCUT2D eigenvalue weighted by molar-refractivity contribution is 0.0899. The van der Waals surface area contributed by atoms with Gasteiger partial charge < -0.3 is 25.1 Å². The molecule has 0 saturated carbocycles. The number of hydrogen-bond donors (Lipinski definition) is 2. The lowest BCUT2D eigenvalue weighted by atomic mass is 10.1. The Kier molecular flexibility index (Phi) is 8.95. The lowest BCUT2D eigenvalue weighted by Gasteiger charge is -2.20. The zero-order chi connectivity index (χ0) is 35.9. The van der Waals surface area contributed by atoms with E-state index in [1.54, 1.807) is 26.9 Å². The summed E-state index contributed by atoms with van der Waals surface area (Å²) in [7, 11) is 0.328. The molecule has 0 amide bonds. The van der Waals surface area contributed by atoms with E-state index in [0.717, 1.165) is 33.9 Å². The molecule has 51 heavy (non-hydrogen) atoms. The van der Waals surface area contributed by atoms with E-state index < -0.39 is 14.1 Å². The van der Waals surface area contributed by atoms with E-state index in [9.17, 15) is 4.79 Å². The summed E-state index contributed by atoms with van der Waals surface area (Å²) < 4.78 is 18.7. The first-order valence-electron chi connectivity index (χ1n) is 16.9. The van der Waals surface area contributed by atoms with E-state index in [1.165, 1.54) is 6.33 Å². The second-order valence-corrected chi connectivity index (χ2v) is 19.5. The summed E-state index contributed by atoms with van der Waals surface area (Å²) in [5.74, 6) is 1.73. The smallest absolute Gasteiger partial charge is 0.282 e. The van der Waals surface area contributed by atoms with Crippen molar-refractivity contribution in [2.75, 3.05) is 24.8 Å². The molecule has 0 aliphatic heterocycles. The highest BCUT2D eigenvalue weighted by atomic mass is 28.3. The first-order valence-corrected chi connectivity index (χ1v) is 20.6. The number of nitrogens with one attached hydrogen (secondary N) is 1. The van der Waals surface area contributed by atoms with Crippen LogP contribution in [0.3, 0.4) is 0 Å². The SMILES string of the molecule is COc1cc(N)cc(-n2ccc(-c3cn(COCC[Si](C)(C)C)c4ncnc(NC(C)c5nn6ccc(C)c6c(=O)n5-c5ccccc5)c34)n2)c1. The number of hydrogen-bond acceptors (Lipinski definition) is 9. The average molecular weight is 703 g/mol. The van der Waals surface area contributed by atoms with Crippen LogP contribution in [0.1, 0.15) is 24.4 Å². The van der Waals surface area contributed by atoms with E-state index in [1.807, 2.05) is 91.6 Å². The average Bonchev–Trinajstić information content (AvgIpc) is 3.84. The minimum Gasteiger partial charge on any atom is -0.497 e. The molecule has 1 atom stereocenters. The fraction of sp³-hybridized carbons (Fsp3) is 0.270. The van der Waals surface area contributed by atoms with Crippen molar-refractivity contribution in [1.29, 1.82) is 0 Å². The largest absolute Gasteiger partial charge is 0.497 e. The van der Waals surface area contributed by atoms with E-state index in [-0.39, 0.29) is 5.56 Å². The normalized spacial score (nSPS) is 12.5. The molecule has 0 radical (unpaired) electrons. The Bertz CT molecular complexity index is 2410. The number of nitrogen functional groups attached to an aromatic ring is 1. The quantitative estimate of drug-likeness (QED) is 0.0832. The Labute approximate surface area is 296 Å². The molecule has 0 aliphatic rings. The fourth-order valence-electron chi connectivity index (χ4n) is 6.14. The van der Waals surface area contributed by atoms with Crippen LogP contribution < -0.4 is 21.3 Å². The highest BCUT2D eigenvalue weighted by Crippen LogP contribution is 2.35. The van der Waals surface area contributed by atoms with Gasteiger partial charge in [-0.05, 0) is 55.8 Å². The van der Waals surface area contributed by atoms with Crippen molar-refractivity contribution < 1.29 is 9.47 Å². The molecule has 13 nitrogen and oxygen atoms in total. The molecule has 0 spiro atoms. The number of rotatable bonds is 12. The van der Waals surface area contributed by atoms with Gasteiger partial charge >= 0.3 is 0 Å². The third-order valence-corrected chi connectivity index (χ3v) is 10.5. The Morgan fingerprint density at radius 2 is 1.78 bits per heavy atom. The molecule has 0 bridgehead atoms. The maximum Gasteiger partial charge on any atom is 0.282 e. The highest BCUT2D eigenvalue weighted by molar-refractivity contribution is 6.76. The second-order valence-electron chi connectivity index (χ2n) is 13.9. The molecule has 262 valence electrons. The molecule has 0 saturated heterocycles. The van der Waals surface area contributed by atoms with Gasteiger partial charge in [-0.3, -0.25) is 9.36 Å². The number of ether oxygens (including phenoxy) is 2. The topological polar surface area (TPSA) is 144 Å². The summed E-state index contributed by atoms with van der Waals surface area (Å²) in [5, 5.41) is 14.2. The van der Waals surface area contributed by atoms with Gasteiger partial charge in [0.25, 0.3) is 5.56 Å². The molecule has 7 aromatic rings.